The molecule has 0 bridgehead atoms. The minimum atomic E-state index is -4.59. The van der Waals surface area contributed by atoms with Crippen LogP contribution in [0.15, 0.2) is 53.5 Å². The molecule has 0 fully saturated rings. The lowest BCUT2D eigenvalue weighted by Crippen LogP contribution is -2.25. The summed E-state index contributed by atoms with van der Waals surface area (Å²) < 4.78 is 45.9. The molecule has 2 aromatic heterocycles. The van der Waals surface area contributed by atoms with E-state index in [2.05, 4.69) is 25.6 Å². The van der Waals surface area contributed by atoms with Crippen molar-refractivity contribution in [1.29, 1.82) is 0 Å². The lowest BCUT2D eigenvalue weighted by Gasteiger charge is -2.16. The zero-order chi connectivity index (χ0) is 26.7. The van der Waals surface area contributed by atoms with E-state index in [1.807, 2.05) is 13.8 Å². The number of ether oxygens (including phenoxy) is 1. The van der Waals surface area contributed by atoms with Gasteiger partial charge in [-0.25, -0.2) is 9.78 Å². The first-order valence-electron chi connectivity index (χ1n) is 11.3. The Morgan fingerprint density at radius 3 is 2.57 bits per heavy atom. The number of aryl methyl sites for hydroxylation is 1. The van der Waals surface area contributed by atoms with E-state index >= 15 is 0 Å². The Morgan fingerprint density at radius 2 is 1.89 bits per heavy atom. The van der Waals surface area contributed by atoms with E-state index in [0.717, 1.165) is 18.2 Å². The quantitative estimate of drug-likeness (QED) is 0.376. The molecule has 12 heteroatoms. The molecule has 0 aliphatic carbocycles. The summed E-state index contributed by atoms with van der Waals surface area (Å²) in [7, 11) is 1.41. The zero-order valence-corrected chi connectivity index (χ0v) is 20.2. The van der Waals surface area contributed by atoms with Gasteiger partial charge < -0.3 is 15.4 Å². The molecule has 4 aromatic rings. The summed E-state index contributed by atoms with van der Waals surface area (Å²) in [5, 5.41) is 6.13. The summed E-state index contributed by atoms with van der Waals surface area (Å²) in [5.41, 5.74) is -0.338. The van der Waals surface area contributed by atoms with Gasteiger partial charge in [-0.2, -0.15) is 23.1 Å². The number of alkyl halides is 3. The number of benzene rings is 2. The van der Waals surface area contributed by atoms with Crippen LogP contribution in [-0.4, -0.2) is 39.1 Å². The topological polar surface area (TPSA) is 111 Å². The predicted octanol–water partition coefficient (Wildman–Crippen LogP) is 4.45. The summed E-state index contributed by atoms with van der Waals surface area (Å²) in [6, 6.07) is 8.68. The molecule has 0 unspecified atom stereocenters. The van der Waals surface area contributed by atoms with Gasteiger partial charge in [0, 0.05) is 41.8 Å². The lowest BCUT2D eigenvalue weighted by molar-refractivity contribution is -0.137. The second-order valence-corrected chi connectivity index (χ2v) is 7.94. The Morgan fingerprint density at radius 1 is 1.11 bits per heavy atom. The van der Waals surface area contributed by atoms with Gasteiger partial charge in [-0.05, 0) is 37.6 Å². The van der Waals surface area contributed by atoms with Crippen LogP contribution in [0.1, 0.15) is 35.5 Å². The number of rotatable bonds is 7. The Balaban J connectivity index is 1.78. The SMILES string of the molecule is CCNc1ncc2c(CC)n(-c3cc(NC(=O)c4cccc(C(F)(F)F)c4)cc(OC)c3)c(=O)nc2n1. The molecule has 0 aliphatic rings. The summed E-state index contributed by atoms with van der Waals surface area (Å²) in [5.74, 6) is -0.0957. The number of carbonyl (C=O) groups excluding carboxylic acids is 1. The van der Waals surface area contributed by atoms with Crippen molar-refractivity contribution in [3.05, 3.63) is 76.0 Å². The van der Waals surface area contributed by atoms with Gasteiger partial charge in [0.1, 0.15) is 5.75 Å². The second-order valence-electron chi connectivity index (χ2n) is 7.94. The van der Waals surface area contributed by atoms with Crippen molar-refractivity contribution in [3.8, 4) is 11.4 Å². The van der Waals surface area contributed by atoms with Gasteiger partial charge in [0.15, 0.2) is 5.65 Å². The molecule has 0 saturated heterocycles. The van der Waals surface area contributed by atoms with Crippen molar-refractivity contribution in [2.24, 2.45) is 0 Å². The highest BCUT2D eigenvalue weighted by Gasteiger charge is 2.31. The van der Waals surface area contributed by atoms with Crippen molar-refractivity contribution < 1.29 is 22.7 Å². The third-order valence-electron chi connectivity index (χ3n) is 5.51. The van der Waals surface area contributed by atoms with E-state index in [4.69, 9.17) is 4.74 Å². The van der Waals surface area contributed by atoms with Crippen LogP contribution in [0.25, 0.3) is 16.7 Å². The molecule has 0 radical (unpaired) electrons. The maximum absolute atomic E-state index is 13.1. The molecule has 0 saturated carbocycles. The van der Waals surface area contributed by atoms with Crippen LogP contribution < -0.4 is 21.1 Å². The number of halogens is 3. The third kappa shape index (κ3) is 5.37. The standard InChI is InChI=1S/C25H23F3N6O3/c1-4-20-19-13-30-23(29-5-2)32-21(19)33-24(36)34(20)17-10-16(11-18(12-17)37-3)31-22(35)14-7-6-8-15(9-14)25(26,27)28/h6-13H,4-5H2,1-3H3,(H,31,35)(H,29,32,33,36). The van der Waals surface area contributed by atoms with Crippen molar-refractivity contribution in [3.63, 3.8) is 0 Å². The smallest absolute Gasteiger partial charge is 0.416 e. The van der Waals surface area contributed by atoms with E-state index in [1.54, 1.807) is 12.3 Å². The molecule has 0 atom stereocenters. The fourth-order valence-electron chi connectivity index (χ4n) is 3.84. The first-order chi connectivity index (χ1) is 17.6. The van der Waals surface area contributed by atoms with Gasteiger partial charge in [-0.3, -0.25) is 9.36 Å². The fraction of sp³-hybridized carbons (Fsp3) is 0.240. The molecule has 37 heavy (non-hydrogen) atoms. The summed E-state index contributed by atoms with van der Waals surface area (Å²) in [6.45, 7) is 4.35. The Hall–Kier alpha value is -4.48. The fourth-order valence-corrected chi connectivity index (χ4v) is 3.84. The van der Waals surface area contributed by atoms with E-state index in [0.29, 0.717) is 41.4 Å². The monoisotopic (exact) mass is 512 g/mol. The summed E-state index contributed by atoms with van der Waals surface area (Å²) >= 11 is 0. The van der Waals surface area contributed by atoms with Crippen molar-refractivity contribution in [2.75, 3.05) is 24.3 Å². The largest absolute Gasteiger partial charge is 0.497 e. The third-order valence-corrected chi connectivity index (χ3v) is 5.51. The lowest BCUT2D eigenvalue weighted by atomic mass is 10.1. The molecular formula is C25H23F3N6O3. The number of hydrogen-bond donors (Lipinski definition) is 2. The maximum Gasteiger partial charge on any atom is 0.416 e. The number of fused-ring (bicyclic) bond motifs is 1. The number of amides is 1. The minimum absolute atomic E-state index is 0.174. The molecule has 2 N–H and O–H groups in total. The minimum Gasteiger partial charge on any atom is -0.497 e. The van der Waals surface area contributed by atoms with Gasteiger partial charge in [-0.15, -0.1) is 0 Å². The first-order valence-corrected chi connectivity index (χ1v) is 11.3. The molecule has 9 nitrogen and oxygen atoms in total. The van der Waals surface area contributed by atoms with Gasteiger partial charge >= 0.3 is 11.9 Å². The molecule has 1 amide bonds. The Labute approximate surface area is 209 Å². The van der Waals surface area contributed by atoms with E-state index in [1.165, 1.54) is 29.9 Å². The highest BCUT2D eigenvalue weighted by Crippen LogP contribution is 2.30. The van der Waals surface area contributed by atoms with Crippen LogP contribution in [0, 0.1) is 0 Å². The van der Waals surface area contributed by atoms with Gasteiger partial charge in [0.05, 0.1) is 23.7 Å². The number of nitrogens with zero attached hydrogens (tertiary/aromatic N) is 4. The molecular weight excluding hydrogens is 489 g/mol. The summed E-state index contributed by atoms with van der Waals surface area (Å²) in [4.78, 5) is 38.6. The average molecular weight is 512 g/mol. The predicted molar refractivity (Wildman–Crippen MR) is 132 cm³/mol. The zero-order valence-electron chi connectivity index (χ0n) is 20.2. The van der Waals surface area contributed by atoms with E-state index < -0.39 is 23.3 Å². The van der Waals surface area contributed by atoms with Crippen molar-refractivity contribution in [1.82, 2.24) is 19.5 Å². The van der Waals surface area contributed by atoms with Crippen molar-refractivity contribution >= 4 is 28.6 Å². The van der Waals surface area contributed by atoms with Crippen LogP contribution in [0.3, 0.4) is 0 Å². The molecule has 2 heterocycles. The van der Waals surface area contributed by atoms with Crippen LogP contribution in [0.5, 0.6) is 5.75 Å². The highest BCUT2D eigenvalue weighted by atomic mass is 19.4. The molecule has 0 aliphatic heterocycles. The average Bonchev–Trinajstić information content (AvgIpc) is 2.87. The van der Waals surface area contributed by atoms with Crippen LogP contribution in [0.2, 0.25) is 0 Å². The van der Waals surface area contributed by atoms with E-state index in [9.17, 15) is 22.8 Å². The van der Waals surface area contributed by atoms with Gasteiger partial charge in [-0.1, -0.05) is 13.0 Å². The van der Waals surface area contributed by atoms with Gasteiger partial charge in [0.25, 0.3) is 5.91 Å². The summed E-state index contributed by atoms with van der Waals surface area (Å²) in [6.07, 6.45) is -2.57. The molecule has 4 rings (SSSR count). The molecule has 2 aromatic carbocycles. The first kappa shape index (κ1) is 25.6. The highest BCUT2D eigenvalue weighted by molar-refractivity contribution is 6.04. The van der Waals surface area contributed by atoms with Crippen LogP contribution in [0.4, 0.5) is 24.8 Å². The molecule has 192 valence electrons. The van der Waals surface area contributed by atoms with Gasteiger partial charge in [0.2, 0.25) is 5.95 Å². The van der Waals surface area contributed by atoms with Crippen LogP contribution >= 0.6 is 0 Å². The number of anilines is 2. The second kappa shape index (κ2) is 10.2. The number of carbonyl (C=O) groups is 1. The Bertz CT molecular complexity index is 1530. The normalized spacial score (nSPS) is 11.4. The van der Waals surface area contributed by atoms with Crippen LogP contribution in [-0.2, 0) is 12.6 Å². The number of nitrogens with one attached hydrogen (secondary N) is 2. The number of hydrogen-bond acceptors (Lipinski definition) is 7. The van der Waals surface area contributed by atoms with Crippen molar-refractivity contribution in [2.45, 2.75) is 26.4 Å². The number of aromatic nitrogens is 4. The van der Waals surface area contributed by atoms with E-state index in [-0.39, 0.29) is 16.9 Å². The molecule has 0 spiro atoms. The maximum atomic E-state index is 13.1. The number of methoxy groups -OCH3 is 1. The Kier molecular flexibility index (Phi) is 7.09.